The van der Waals surface area contributed by atoms with Crippen molar-refractivity contribution in [3.05, 3.63) is 75.2 Å². The number of guanidine groups is 1. The Morgan fingerprint density at radius 2 is 1.61 bits per heavy atom. The van der Waals surface area contributed by atoms with Gasteiger partial charge in [0.15, 0.2) is 24.5 Å². The summed E-state index contributed by atoms with van der Waals surface area (Å²) in [5.41, 5.74) is 2.55. The van der Waals surface area contributed by atoms with Crippen molar-refractivity contribution >= 4 is 69.4 Å². The van der Waals surface area contributed by atoms with Crippen LogP contribution in [0.15, 0.2) is 63.5 Å². The van der Waals surface area contributed by atoms with E-state index in [1.54, 1.807) is 29.0 Å². The fourth-order valence-electron chi connectivity index (χ4n) is 8.33. The highest BCUT2D eigenvalue weighted by atomic mass is 35.5. The van der Waals surface area contributed by atoms with Crippen LogP contribution in [0.1, 0.15) is 66.2 Å². The standard InChI is InChI=1S/C41H46ClN9O8/c1-3-50-31-7-4-24(18-23(31)19-33(40(50)57)58-22-35(53)43-2)45-36-30(42)21-44-41(47-36)49-16-12-27(13-17-49)59-26-10-14-48(15-11-26)25-5-6-28-29(20-25)39(56)51(38(28)55)32-8-9-34(52)46-37(32)54/h4-7,18-21,26-27,32,36,45H,3,8-17,22H2,1-2H3,(H,43,53)(H,44,47)(H,46,52,54). The normalized spacial score (nSPS) is 21.5. The number of carbonyl (C=O) groups is 5. The number of likely N-dealkylation sites (N-methyl/N-ethyl adjacent to an activating group) is 1. The Balaban J connectivity index is 0.837. The Morgan fingerprint density at radius 3 is 2.31 bits per heavy atom. The second kappa shape index (κ2) is 16.7. The molecule has 5 aliphatic heterocycles. The van der Waals surface area contributed by atoms with Gasteiger partial charge in [-0.05, 0) is 81.5 Å². The van der Waals surface area contributed by atoms with E-state index in [4.69, 9.17) is 26.1 Å². The second-order valence-corrected chi connectivity index (χ2v) is 15.6. The van der Waals surface area contributed by atoms with Crippen molar-refractivity contribution in [2.75, 3.05) is 50.1 Å². The number of ether oxygens (including phenoxy) is 2. The fraction of sp³-hybridized carbons (Fsp3) is 0.439. The summed E-state index contributed by atoms with van der Waals surface area (Å²) in [4.78, 5) is 85.6. The first-order chi connectivity index (χ1) is 28.5. The maximum Gasteiger partial charge on any atom is 0.293 e. The Morgan fingerprint density at radius 1 is 0.898 bits per heavy atom. The molecular formula is C41H46ClN9O8. The van der Waals surface area contributed by atoms with Gasteiger partial charge >= 0.3 is 0 Å². The van der Waals surface area contributed by atoms with Crippen LogP contribution in [0.4, 0.5) is 11.4 Å². The third-order valence-corrected chi connectivity index (χ3v) is 11.8. The second-order valence-electron chi connectivity index (χ2n) is 15.2. The maximum absolute atomic E-state index is 13.3. The third kappa shape index (κ3) is 8.08. The van der Waals surface area contributed by atoms with E-state index >= 15 is 0 Å². The van der Waals surface area contributed by atoms with Gasteiger partial charge in [-0.25, -0.2) is 4.99 Å². The fourth-order valence-corrected chi connectivity index (χ4v) is 8.49. The molecular weight excluding hydrogens is 782 g/mol. The molecule has 0 radical (unpaired) electrons. The molecule has 0 saturated carbocycles. The molecule has 0 bridgehead atoms. The minimum absolute atomic E-state index is 0.0759. The summed E-state index contributed by atoms with van der Waals surface area (Å²) in [5, 5.41) is 12.6. The van der Waals surface area contributed by atoms with Gasteiger partial charge in [-0.1, -0.05) is 11.6 Å². The zero-order chi connectivity index (χ0) is 41.4. The van der Waals surface area contributed by atoms with Crippen molar-refractivity contribution in [2.24, 2.45) is 4.99 Å². The van der Waals surface area contributed by atoms with E-state index in [0.717, 1.165) is 79.0 Å². The average Bonchev–Trinajstić information content (AvgIpc) is 3.49. The number of carbonyl (C=O) groups excluding carboxylic acids is 5. The van der Waals surface area contributed by atoms with E-state index in [1.807, 2.05) is 31.2 Å². The zero-order valence-electron chi connectivity index (χ0n) is 32.8. The van der Waals surface area contributed by atoms with E-state index in [-0.39, 0.29) is 60.0 Å². The molecule has 0 aliphatic carbocycles. The molecule has 5 aliphatic rings. The molecule has 18 heteroatoms. The number of aryl methyl sites for hydroxylation is 1. The van der Waals surface area contributed by atoms with Crippen LogP contribution in [0.2, 0.25) is 0 Å². The average molecular weight is 828 g/mol. The molecule has 5 amide bonds. The minimum Gasteiger partial charge on any atom is -0.478 e. The predicted molar refractivity (Wildman–Crippen MR) is 219 cm³/mol. The zero-order valence-corrected chi connectivity index (χ0v) is 33.5. The summed E-state index contributed by atoms with van der Waals surface area (Å²) < 4.78 is 13.8. The van der Waals surface area contributed by atoms with Gasteiger partial charge in [-0.3, -0.25) is 39.0 Å². The van der Waals surface area contributed by atoms with E-state index in [1.165, 1.54) is 7.05 Å². The number of hydrogen-bond donors (Lipinski definition) is 4. The molecule has 4 N–H and O–H groups in total. The lowest BCUT2D eigenvalue weighted by Crippen LogP contribution is -2.54. The highest BCUT2D eigenvalue weighted by Crippen LogP contribution is 2.33. The Kier molecular flexibility index (Phi) is 11.3. The van der Waals surface area contributed by atoms with Gasteiger partial charge in [0.25, 0.3) is 23.3 Å². The van der Waals surface area contributed by atoms with Crippen molar-refractivity contribution in [1.82, 2.24) is 30.3 Å². The number of pyridine rings is 1. The van der Waals surface area contributed by atoms with Crippen LogP contribution in [0, 0.1) is 0 Å². The van der Waals surface area contributed by atoms with Crippen LogP contribution in [0.25, 0.3) is 10.9 Å². The largest absolute Gasteiger partial charge is 0.478 e. The van der Waals surface area contributed by atoms with Gasteiger partial charge in [0.05, 0.1) is 33.9 Å². The molecule has 1 aromatic heterocycles. The van der Waals surface area contributed by atoms with Gasteiger partial charge in [-0.15, -0.1) is 0 Å². The summed E-state index contributed by atoms with van der Waals surface area (Å²) in [6.07, 6.45) is 4.87. The molecule has 17 nitrogen and oxygen atoms in total. The van der Waals surface area contributed by atoms with Gasteiger partial charge in [-0.2, -0.15) is 0 Å². The van der Waals surface area contributed by atoms with Crippen molar-refractivity contribution in [2.45, 2.75) is 76.4 Å². The first-order valence-corrected chi connectivity index (χ1v) is 20.4. The number of nitrogens with zero attached hydrogens (tertiary/aromatic N) is 5. The number of nitrogens with one attached hydrogen (secondary N) is 4. The van der Waals surface area contributed by atoms with Gasteiger partial charge < -0.3 is 39.8 Å². The molecule has 2 unspecified atom stereocenters. The first-order valence-electron chi connectivity index (χ1n) is 20.0. The monoisotopic (exact) mass is 827 g/mol. The van der Waals surface area contributed by atoms with Crippen molar-refractivity contribution in [3.8, 4) is 5.75 Å². The smallest absolute Gasteiger partial charge is 0.293 e. The number of fused-ring (bicyclic) bond motifs is 2. The summed E-state index contributed by atoms with van der Waals surface area (Å²) in [6.45, 7) is 4.99. The highest BCUT2D eigenvalue weighted by molar-refractivity contribution is 6.30. The molecule has 3 aromatic rings. The van der Waals surface area contributed by atoms with E-state index in [0.29, 0.717) is 17.5 Å². The van der Waals surface area contributed by atoms with Crippen molar-refractivity contribution in [3.63, 3.8) is 0 Å². The van der Waals surface area contributed by atoms with E-state index in [9.17, 15) is 28.8 Å². The lowest BCUT2D eigenvalue weighted by Gasteiger charge is -2.39. The maximum atomic E-state index is 13.3. The Bertz CT molecular complexity index is 2330. The summed E-state index contributed by atoms with van der Waals surface area (Å²) in [7, 11) is 1.51. The number of halogens is 1. The Hall–Kier alpha value is -5.94. The topological polar surface area (TPSA) is 196 Å². The minimum atomic E-state index is -0.994. The number of rotatable bonds is 10. The van der Waals surface area contributed by atoms with Gasteiger partial charge in [0.2, 0.25) is 11.8 Å². The molecule has 8 rings (SSSR count). The van der Waals surface area contributed by atoms with E-state index < -0.39 is 35.8 Å². The lowest BCUT2D eigenvalue weighted by atomic mass is 10.0. The SMILES string of the molecule is CCn1c(=O)c(OCC(=O)NC)cc2cc(NC3N=C(N4CCC(OC5CCN(c6ccc7c(c6)C(=O)N(C6CCC(=O)NC6=O)C7=O)CC5)CC4)NC=C3Cl)ccc21. The number of amides is 5. The van der Waals surface area contributed by atoms with Crippen molar-refractivity contribution in [1.29, 1.82) is 0 Å². The molecule has 59 heavy (non-hydrogen) atoms. The first kappa shape index (κ1) is 39.9. The summed E-state index contributed by atoms with van der Waals surface area (Å²) in [6, 6.07) is 11.5. The number of benzene rings is 2. The quantitative estimate of drug-likeness (QED) is 0.219. The molecule has 6 heterocycles. The van der Waals surface area contributed by atoms with Crippen LogP contribution in [-0.4, -0.2) is 114 Å². The number of likely N-dealkylation sites (tertiary alicyclic amines) is 1. The number of imide groups is 2. The van der Waals surface area contributed by atoms with Crippen LogP contribution in [0.5, 0.6) is 5.75 Å². The molecule has 0 spiro atoms. The molecule has 3 fully saturated rings. The van der Waals surface area contributed by atoms with Crippen LogP contribution < -0.4 is 36.5 Å². The number of aromatic nitrogens is 1. The van der Waals surface area contributed by atoms with Crippen molar-refractivity contribution < 1.29 is 33.4 Å². The Labute approximate surface area is 344 Å². The van der Waals surface area contributed by atoms with Gasteiger partial charge in [0.1, 0.15) is 6.04 Å². The number of hydrogen-bond acceptors (Lipinski definition) is 13. The number of piperidine rings is 3. The molecule has 2 atom stereocenters. The van der Waals surface area contributed by atoms with Gasteiger partial charge in [0, 0.05) is 69.2 Å². The molecule has 310 valence electrons. The van der Waals surface area contributed by atoms with Crippen LogP contribution >= 0.6 is 11.6 Å². The summed E-state index contributed by atoms with van der Waals surface area (Å²) in [5.74, 6) is -1.59. The highest BCUT2D eigenvalue weighted by Gasteiger charge is 2.45. The summed E-state index contributed by atoms with van der Waals surface area (Å²) >= 11 is 6.63. The van der Waals surface area contributed by atoms with Crippen LogP contribution in [0.3, 0.4) is 0 Å². The number of anilines is 2. The lowest BCUT2D eigenvalue weighted by molar-refractivity contribution is -0.136. The molecule has 2 aromatic carbocycles. The third-order valence-electron chi connectivity index (χ3n) is 11.5. The van der Waals surface area contributed by atoms with E-state index in [2.05, 4.69) is 31.1 Å². The van der Waals surface area contributed by atoms with Crippen LogP contribution in [-0.2, 0) is 25.7 Å². The predicted octanol–water partition coefficient (Wildman–Crippen LogP) is 2.47. The molecule has 3 saturated heterocycles. The number of aliphatic imine (C=N–C) groups is 1.